The van der Waals surface area contributed by atoms with Crippen LogP contribution in [0.1, 0.15) is 28.4 Å². The molecular weight excluding hydrogens is 191 g/mol. The molecule has 0 aromatic heterocycles. The topological polar surface area (TPSA) is 17.1 Å². The number of carbonyl (C=O) groups is 1. The summed E-state index contributed by atoms with van der Waals surface area (Å²) >= 11 is 5.67. The van der Waals surface area contributed by atoms with Crippen LogP contribution in [0, 0.1) is 19.7 Å². The van der Waals surface area contributed by atoms with E-state index in [0.717, 1.165) is 11.1 Å². The zero-order valence-corrected chi connectivity index (χ0v) is 8.50. The molecule has 1 aromatic rings. The summed E-state index contributed by atoms with van der Waals surface area (Å²) in [6.45, 7) is 4.89. The van der Waals surface area contributed by atoms with Gasteiger partial charge in [0.25, 0.3) is 0 Å². The molecule has 1 aromatic carbocycles. The number of ketones is 1. The van der Waals surface area contributed by atoms with E-state index in [1.807, 2.05) is 0 Å². The standard InChI is InChI=1S/C10H10ClFO/c1-5-4-8(12)10(11)9(6(5)2)7(3)13/h4H,1-3H3. The lowest BCUT2D eigenvalue weighted by Gasteiger charge is -2.08. The fourth-order valence-electron chi connectivity index (χ4n) is 1.26. The zero-order valence-electron chi connectivity index (χ0n) is 7.74. The van der Waals surface area contributed by atoms with Crippen molar-refractivity contribution in [2.24, 2.45) is 0 Å². The first-order valence-electron chi connectivity index (χ1n) is 3.91. The van der Waals surface area contributed by atoms with Gasteiger partial charge < -0.3 is 0 Å². The average Bonchev–Trinajstić information content (AvgIpc) is 2.01. The van der Waals surface area contributed by atoms with Gasteiger partial charge in [-0.3, -0.25) is 4.79 Å². The number of hydrogen-bond acceptors (Lipinski definition) is 1. The molecule has 1 rings (SSSR count). The molecule has 1 nitrogen and oxygen atoms in total. The van der Waals surface area contributed by atoms with Gasteiger partial charge in [0, 0.05) is 5.56 Å². The van der Waals surface area contributed by atoms with Gasteiger partial charge >= 0.3 is 0 Å². The number of aryl methyl sites for hydroxylation is 1. The summed E-state index contributed by atoms with van der Waals surface area (Å²) in [5, 5.41) is -0.0735. The molecule has 0 heterocycles. The summed E-state index contributed by atoms with van der Waals surface area (Å²) in [7, 11) is 0. The predicted octanol–water partition coefficient (Wildman–Crippen LogP) is 3.30. The molecule has 70 valence electrons. The molecule has 0 aliphatic heterocycles. The van der Waals surface area contributed by atoms with Crippen LogP contribution in [0.25, 0.3) is 0 Å². The smallest absolute Gasteiger partial charge is 0.161 e. The maximum absolute atomic E-state index is 13.1. The highest BCUT2D eigenvalue weighted by molar-refractivity contribution is 6.34. The summed E-state index contributed by atoms with van der Waals surface area (Å²) in [5.74, 6) is -0.736. The van der Waals surface area contributed by atoms with Crippen molar-refractivity contribution < 1.29 is 9.18 Å². The Morgan fingerprint density at radius 3 is 2.46 bits per heavy atom. The van der Waals surface area contributed by atoms with Gasteiger partial charge in [-0.1, -0.05) is 11.6 Å². The third-order valence-corrected chi connectivity index (χ3v) is 2.46. The number of Topliss-reactive ketones (excluding diaryl/α,β-unsaturated/α-hetero) is 1. The van der Waals surface area contributed by atoms with Crippen LogP contribution in [0.3, 0.4) is 0 Å². The van der Waals surface area contributed by atoms with E-state index < -0.39 is 5.82 Å². The minimum Gasteiger partial charge on any atom is -0.294 e. The van der Waals surface area contributed by atoms with Crippen LogP contribution >= 0.6 is 11.6 Å². The Bertz CT molecular complexity index is 345. The van der Waals surface area contributed by atoms with Crippen LogP contribution in [0.4, 0.5) is 4.39 Å². The van der Waals surface area contributed by atoms with Crippen LogP contribution in [-0.4, -0.2) is 5.78 Å². The largest absolute Gasteiger partial charge is 0.294 e. The van der Waals surface area contributed by atoms with Crippen molar-refractivity contribution in [1.29, 1.82) is 0 Å². The predicted molar refractivity (Wildman–Crippen MR) is 50.9 cm³/mol. The van der Waals surface area contributed by atoms with Gasteiger partial charge in [-0.25, -0.2) is 4.39 Å². The zero-order chi connectivity index (χ0) is 10.2. The molecule has 0 saturated heterocycles. The van der Waals surface area contributed by atoms with Crippen molar-refractivity contribution in [2.45, 2.75) is 20.8 Å². The summed E-state index contributed by atoms with van der Waals surface area (Å²) in [4.78, 5) is 11.1. The molecule has 0 saturated carbocycles. The molecular formula is C10H10ClFO. The molecule has 3 heteroatoms. The summed E-state index contributed by atoms with van der Waals surface area (Å²) in [5.41, 5.74) is 1.78. The van der Waals surface area contributed by atoms with Crippen molar-refractivity contribution in [1.82, 2.24) is 0 Å². The maximum Gasteiger partial charge on any atom is 0.161 e. The van der Waals surface area contributed by atoms with Crippen LogP contribution in [-0.2, 0) is 0 Å². The van der Waals surface area contributed by atoms with Gasteiger partial charge in [0.05, 0.1) is 5.02 Å². The molecule has 0 fully saturated rings. The first kappa shape index (κ1) is 10.2. The fourth-order valence-corrected chi connectivity index (χ4v) is 1.59. The second-order valence-electron chi connectivity index (χ2n) is 3.05. The molecule has 0 unspecified atom stereocenters. The van der Waals surface area contributed by atoms with Gasteiger partial charge in [0.1, 0.15) is 5.82 Å². The quantitative estimate of drug-likeness (QED) is 0.636. The van der Waals surface area contributed by atoms with Crippen molar-refractivity contribution in [2.75, 3.05) is 0 Å². The van der Waals surface area contributed by atoms with E-state index >= 15 is 0 Å². The normalized spacial score (nSPS) is 10.2. The highest BCUT2D eigenvalue weighted by Crippen LogP contribution is 2.26. The lowest BCUT2D eigenvalue weighted by atomic mass is 10.0. The Morgan fingerprint density at radius 1 is 1.46 bits per heavy atom. The van der Waals surface area contributed by atoms with Crippen LogP contribution < -0.4 is 0 Å². The summed E-state index contributed by atoms with van der Waals surface area (Å²) in [6.07, 6.45) is 0. The van der Waals surface area contributed by atoms with E-state index in [1.54, 1.807) is 13.8 Å². The van der Waals surface area contributed by atoms with Gasteiger partial charge in [-0.05, 0) is 38.0 Å². The minimum absolute atomic E-state index is 0.0735. The van der Waals surface area contributed by atoms with Gasteiger partial charge in [-0.15, -0.1) is 0 Å². The molecule has 13 heavy (non-hydrogen) atoms. The molecule has 0 N–H and O–H groups in total. The summed E-state index contributed by atoms with van der Waals surface area (Å²) < 4.78 is 13.1. The molecule has 0 bridgehead atoms. The number of rotatable bonds is 1. The second kappa shape index (κ2) is 3.46. The van der Waals surface area contributed by atoms with E-state index in [2.05, 4.69) is 0 Å². The number of carbonyl (C=O) groups excluding carboxylic acids is 1. The highest BCUT2D eigenvalue weighted by atomic mass is 35.5. The summed E-state index contributed by atoms with van der Waals surface area (Å²) in [6, 6.07) is 1.34. The Hall–Kier alpha value is -0.890. The Morgan fingerprint density at radius 2 is 2.00 bits per heavy atom. The van der Waals surface area contributed by atoms with E-state index in [9.17, 15) is 9.18 Å². The monoisotopic (exact) mass is 200 g/mol. The van der Waals surface area contributed by atoms with Crippen molar-refractivity contribution in [3.05, 3.63) is 33.6 Å². The van der Waals surface area contributed by atoms with Gasteiger partial charge in [0.15, 0.2) is 5.78 Å². The molecule has 0 atom stereocenters. The second-order valence-corrected chi connectivity index (χ2v) is 3.42. The fraction of sp³-hybridized carbons (Fsp3) is 0.300. The highest BCUT2D eigenvalue weighted by Gasteiger charge is 2.15. The van der Waals surface area contributed by atoms with Crippen molar-refractivity contribution in [3.8, 4) is 0 Å². The lowest BCUT2D eigenvalue weighted by molar-refractivity contribution is 0.101. The third kappa shape index (κ3) is 1.73. The molecule has 0 aliphatic carbocycles. The first-order valence-corrected chi connectivity index (χ1v) is 4.29. The molecule has 0 spiro atoms. The SMILES string of the molecule is CC(=O)c1c(C)c(C)cc(F)c1Cl. The number of halogens is 2. The number of benzene rings is 1. The third-order valence-electron chi connectivity index (χ3n) is 2.09. The Balaban J connectivity index is 3.56. The van der Waals surface area contributed by atoms with E-state index in [1.165, 1.54) is 13.0 Å². The molecule has 0 aliphatic rings. The van der Waals surface area contributed by atoms with Crippen LogP contribution in [0.2, 0.25) is 5.02 Å². The maximum atomic E-state index is 13.1. The number of hydrogen-bond donors (Lipinski definition) is 0. The first-order chi connectivity index (χ1) is 5.95. The van der Waals surface area contributed by atoms with Crippen molar-refractivity contribution >= 4 is 17.4 Å². The average molecular weight is 201 g/mol. The minimum atomic E-state index is -0.532. The van der Waals surface area contributed by atoms with E-state index in [0.29, 0.717) is 5.56 Å². The Labute approximate surface area is 81.5 Å². The molecule has 0 radical (unpaired) electrons. The van der Waals surface area contributed by atoms with Crippen LogP contribution in [0.15, 0.2) is 6.07 Å². The van der Waals surface area contributed by atoms with Gasteiger partial charge in [-0.2, -0.15) is 0 Å². The lowest BCUT2D eigenvalue weighted by Crippen LogP contribution is -2.01. The van der Waals surface area contributed by atoms with E-state index in [-0.39, 0.29) is 10.8 Å². The van der Waals surface area contributed by atoms with Crippen LogP contribution in [0.5, 0.6) is 0 Å². The van der Waals surface area contributed by atoms with E-state index in [4.69, 9.17) is 11.6 Å². The Kier molecular flexibility index (Phi) is 2.71. The van der Waals surface area contributed by atoms with Crippen molar-refractivity contribution in [3.63, 3.8) is 0 Å². The molecule has 0 amide bonds. The van der Waals surface area contributed by atoms with Gasteiger partial charge in [0.2, 0.25) is 0 Å².